The van der Waals surface area contributed by atoms with Crippen LogP contribution in [0, 0.1) is 0 Å². The second-order valence-electron chi connectivity index (χ2n) is 6.53. The van der Waals surface area contributed by atoms with Gasteiger partial charge in [0.15, 0.2) is 0 Å². The molecule has 29 heavy (non-hydrogen) atoms. The van der Waals surface area contributed by atoms with Crippen LogP contribution in [0.15, 0.2) is 30.5 Å². The number of amides is 2. The van der Waals surface area contributed by atoms with Crippen molar-refractivity contribution in [2.24, 2.45) is 7.05 Å². The third-order valence-corrected chi connectivity index (χ3v) is 4.19. The van der Waals surface area contributed by atoms with Crippen LogP contribution in [0.25, 0.3) is 0 Å². The smallest absolute Gasteiger partial charge is 0.343 e. The van der Waals surface area contributed by atoms with Gasteiger partial charge in [0.2, 0.25) is 11.8 Å². The number of carbonyl (C=O) groups is 3. The summed E-state index contributed by atoms with van der Waals surface area (Å²) in [5, 5.41) is 9.52. The van der Waals surface area contributed by atoms with E-state index in [0.717, 1.165) is 17.7 Å². The van der Waals surface area contributed by atoms with E-state index in [1.165, 1.54) is 10.9 Å². The fourth-order valence-corrected chi connectivity index (χ4v) is 2.80. The van der Waals surface area contributed by atoms with E-state index in [4.69, 9.17) is 4.74 Å². The Kier molecular flexibility index (Phi) is 7.90. The Balaban J connectivity index is 1.92. The van der Waals surface area contributed by atoms with Gasteiger partial charge in [-0.3, -0.25) is 19.2 Å². The Hall–Kier alpha value is -3.20. The minimum atomic E-state index is -0.557. The van der Waals surface area contributed by atoms with Gasteiger partial charge in [0, 0.05) is 12.7 Å². The number of benzene rings is 1. The van der Waals surface area contributed by atoms with Gasteiger partial charge in [-0.1, -0.05) is 25.1 Å². The first-order valence-electron chi connectivity index (χ1n) is 9.40. The molecule has 0 fully saturated rings. The summed E-state index contributed by atoms with van der Waals surface area (Å²) >= 11 is 0. The van der Waals surface area contributed by atoms with Crippen LogP contribution in [0.2, 0.25) is 0 Å². The molecular formula is C20H27N5O4. The number of ether oxygens (including phenoxy) is 1. The van der Waals surface area contributed by atoms with Crippen LogP contribution in [0.4, 0.5) is 11.5 Å². The van der Waals surface area contributed by atoms with Gasteiger partial charge in [-0.25, -0.2) is 4.79 Å². The molecule has 0 saturated carbocycles. The highest BCUT2D eigenvalue weighted by Gasteiger charge is 2.20. The van der Waals surface area contributed by atoms with E-state index in [2.05, 4.69) is 15.7 Å². The van der Waals surface area contributed by atoms with Gasteiger partial charge in [0.1, 0.15) is 11.4 Å². The highest BCUT2D eigenvalue weighted by atomic mass is 16.5. The number of para-hydroxylation sites is 1. The summed E-state index contributed by atoms with van der Waals surface area (Å²) in [4.78, 5) is 38.2. The van der Waals surface area contributed by atoms with Crippen molar-refractivity contribution >= 4 is 29.3 Å². The van der Waals surface area contributed by atoms with Crippen molar-refractivity contribution in [1.82, 2.24) is 14.7 Å². The Bertz CT molecular complexity index is 878. The number of likely N-dealkylation sites (N-methyl/N-ethyl adjacent to an activating group) is 1. The third kappa shape index (κ3) is 6.15. The Labute approximate surface area is 170 Å². The average molecular weight is 401 g/mol. The summed E-state index contributed by atoms with van der Waals surface area (Å²) in [6, 6.07) is 7.60. The van der Waals surface area contributed by atoms with Crippen molar-refractivity contribution in [3.63, 3.8) is 0 Å². The monoisotopic (exact) mass is 401 g/mol. The number of rotatable bonds is 9. The van der Waals surface area contributed by atoms with Crippen molar-refractivity contribution in [2.45, 2.75) is 20.3 Å². The van der Waals surface area contributed by atoms with E-state index in [-0.39, 0.29) is 42.9 Å². The topological polar surface area (TPSA) is 106 Å². The zero-order valence-corrected chi connectivity index (χ0v) is 17.2. The first-order chi connectivity index (χ1) is 13.8. The first kappa shape index (κ1) is 22.1. The molecule has 156 valence electrons. The molecule has 1 aromatic carbocycles. The summed E-state index contributed by atoms with van der Waals surface area (Å²) < 4.78 is 6.35. The van der Waals surface area contributed by atoms with Gasteiger partial charge in [-0.05, 0) is 32.0 Å². The normalized spacial score (nSPS) is 10.7. The molecule has 1 aromatic heterocycles. The van der Waals surface area contributed by atoms with Crippen LogP contribution in [0.5, 0.6) is 0 Å². The number of esters is 1. The number of hydrogen-bond acceptors (Lipinski definition) is 6. The number of carbonyl (C=O) groups excluding carboxylic acids is 3. The van der Waals surface area contributed by atoms with E-state index >= 15 is 0 Å². The number of anilines is 2. The number of nitrogens with zero attached hydrogens (tertiary/aromatic N) is 3. The molecule has 0 atom stereocenters. The summed E-state index contributed by atoms with van der Waals surface area (Å²) in [6.45, 7) is 3.95. The van der Waals surface area contributed by atoms with Crippen molar-refractivity contribution in [2.75, 3.05) is 37.4 Å². The molecule has 0 aliphatic rings. The Morgan fingerprint density at radius 3 is 2.41 bits per heavy atom. The van der Waals surface area contributed by atoms with Gasteiger partial charge in [-0.15, -0.1) is 0 Å². The number of aromatic nitrogens is 2. The van der Waals surface area contributed by atoms with Gasteiger partial charge in [0.05, 0.1) is 25.9 Å². The molecule has 2 rings (SSSR count). The molecule has 0 unspecified atom stereocenters. The van der Waals surface area contributed by atoms with E-state index in [1.807, 2.05) is 31.2 Å². The lowest BCUT2D eigenvalue weighted by Gasteiger charge is -2.17. The fourth-order valence-electron chi connectivity index (χ4n) is 2.80. The van der Waals surface area contributed by atoms with Gasteiger partial charge in [-0.2, -0.15) is 5.10 Å². The molecule has 0 bridgehead atoms. The second kappa shape index (κ2) is 10.4. The zero-order chi connectivity index (χ0) is 21.4. The van der Waals surface area contributed by atoms with E-state index in [0.29, 0.717) is 0 Å². The van der Waals surface area contributed by atoms with Gasteiger partial charge >= 0.3 is 5.97 Å². The van der Waals surface area contributed by atoms with E-state index in [1.54, 1.807) is 25.9 Å². The molecule has 0 aliphatic heterocycles. The van der Waals surface area contributed by atoms with Gasteiger partial charge in [0.25, 0.3) is 0 Å². The number of aryl methyl sites for hydroxylation is 2. The largest absolute Gasteiger partial charge is 0.462 e. The van der Waals surface area contributed by atoms with Gasteiger partial charge < -0.3 is 15.4 Å². The van der Waals surface area contributed by atoms with Crippen LogP contribution in [0.3, 0.4) is 0 Å². The number of nitrogens with one attached hydrogen (secondary N) is 2. The predicted molar refractivity (Wildman–Crippen MR) is 110 cm³/mol. The molecule has 0 aliphatic carbocycles. The molecule has 2 amide bonds. The maximum Gasteiger partial charge on any atom is 0.343 e. The van der Waals surface area contributed by atoms with Crippen molar-refractivity contribution in [1.29, 1.82) is 0 Å². The molecule has 9 heteroatoms. The Morgan fingerprint density at radius 2 is 1.76 bits per heavy atom. The lowest BCUT2D eigenvalue weighted by Crippen LogP contribution is -2.36. The predicted octanol–water partition coefficient (Wildman–Crippen LogP) is 1.67. The van der Waals surface area contributed by atoms with Crippen LogP contribution in [-0.2, 0) is 27.8 Å². The van der Waals surface area contributed by atoms with E-state index < -0.39 is 5.97 Å². The molecule has 0 radical (unpaired) electrons. The van der Waals surface area contributed by atoms with E-state index in [9.17, 15) is 14.4 Å². The summed E-state index contributed by atoms with van der Waals surface area (Å²) in [7, 11) is 3.28. The van der Waals surface area contributed by atoms with Crippen LogP contribution in [0.1, 0.15) is 29.8 Å². The first-order valence-corrected chi connectivity index (χ1v) is 9.40. The molecule has 1 heterocycles. The minimum Gasteiger partial charge on any atom is -0.462 e. The van der Waals surface area contributed by atoms with Crippen LogP contribution >= 0.6 is 0 Å². The standard InChI is InChI=1S/C20H27N5O4/c1-5-14-9-7-8-10-16(14)22-17(26)12-24(3)13-18(27)23-19-15(11-21-25(19)4)20(28)29-6-2/h7-11H,5-6,12-13H2,1-4H3,(H,22,26)(H,23,27). The highest BCUT2D eigenvalue weighted by molar-refractivity contribution is 6.01. The summed E-state index contributed by atoms with van der Waals surface area (Å²) in [5.74, 6) is -0.890. The molecule has 0 spiro atoms. The minimum absolute atomic E-state index is 0.0315. The summed E-state index contributed by atoms with van der Waals surface area (Å²) in [5.41, 5.74) is 2.00. The molecule has 2 aromatic rings. The molecule has 2 N–H and O–H groups in total. The average Bonchev–Trinajstić information content (AvgIpc) is 3.02. The van der Waals surface area contributed by atoms with Crippen molar-refractivity contribution in [3.8, 4) is 0 Å². The highest BCUT2D eigenvalue weighted by Crippen LogP contribution is 2.16. The lowest BCUT2D eigenvalue weighted by molar-refractivity contribution is -0.119. The van der Waals surface area contributed by atoms with Crippen molar-refractivity contribution in [3.05, 3.63) is 41.6 Å². The SMILES string of the molecule is CCOC(=O)c1cnn(C)c1NC(=O)CN(C)CC(=O)Nc1ccccc1CC. The maximum absolute atomic E-state index is 12.4. The second-order valence-corrected chi connectivity index (χ2v) is 6.53. The van der Waals surface area contributed by atoms with Crippen LogP contribution < -0.4 is 10.6 Å². The Morgan fingerprint density at radius 1 is 1.10 bits per heavy atom. The quantitative estimate of drug-likeness (QED) is 0.619. The lowest BCUT2D eigenvalue weighted by atomic mass is 10.1. The van der Waals surface area contributed by atoms with Crippen LogP contribution in [-0.4, -0.2) is 59.2 Å². The third-order valence-electron chi connectivity index (χ3n) is 4.19. The zero-order valence-electron chi connectivity index (χ0n) is 17.2. The fraction of sp³-hybridized carbons (Fsp3) is 0.400. The maximum atomic E-state index is 12.4. The molecule has 0 saturated heterocycles. The molecular weight excluding hydrogens is 374 g/mol. The van der Waals surface area contributed by atoms with Crippen molar-refractivity contribution < 1.29 is 19.1 Å². The number of hydrogen-bond donors (Lipinski definition) is 2. The summed E-state index contributed by atoms with van der Waals surface area (Å²) in [6.07, 6.45) is 2.15. The molecule has 9 nitrogen and oxygen atoms in total.